The lowest BCUT2D eigenvalue weighted by Gasteiger charge is -2.17. The molecule has 2 aromatic rings. The molecule has 3 nitrogen and oxygen atoms in total. The minimum absolute atomic E-state index is 0.510. The van der Waals surface area contributed by atoms with Gasteiger partial charge in [-0.1, -0.05) is 6.42 Å². The lowest BCUT2D eigenvalue weighted by Crippen LogP contribution is -2.31. The first-order valence-electron chi connectivity index (χ1n) is 6.23. The van der Waals surface area contributed by atoms with E-state index in [0.29, 0.717) is 6.04 Å². The van der Waals surface area contributed by atoms with Gasteiger partial charge in [-0.3, -0.25) is 0 Å². The second-order valence-electron chi connectivity index (χ2n) is 4.53. The minimum atomic E-state index is 0.510. The second kappa shape index (κ2) is 5.02. The molecule has 1 saturated heterocycles. The number of hydrogen-bond donors (Lipinski definition) is 2. The van der Waals surface area contributed by atoms with Crippen molar-refractivity contribution in [2.24, 2.45) is 0 Å². The zero-order valence-corrected chi connectivity index (χ0v) is 10.6. The van der Waals surface area contributed by atoms with Crippen molar-refractivity contribution in [3.8, 4) is 0 Å². The van der Waals surface area contributed by atoms with Gasteiger partial charge in [0.25, 0.3) is 0 Å². The third kappa shape index (κ3) is 2.42. The SMILES string of the molecule is c1cc2sccc2c(NC2CCCCNC2)n1. The molecule has 0 radical (unpaired) electrons. The monoisotopic (exact) mass is 247 g/mol. The predicted octanol–water partition coefficient (Wildman–Crippen LogP) is 2.85. The number of aromatic nitrogens is 1. The highest BCUT2D eigenvalue weighted by molar-refractivity contribution is 7.17. The van der Waals surface area contributed by atoms with Gasteiger partial charge in [0, 0.05) is 28.9 Å². The summed E-state index contributed by atoms with van der Waals surface area (Å²) in [5.74, 6) is 1.04. The summed E-state index contributed by atoms with van der Waals surface area (Å²) in [4.78, 5) is 4.47. The number of nitrogens with one attached hydrogen (secondary N) is 2. The Morgan fingerprint density at radius 3 is 3.35 bits per heavy atom. The topological polar surface area (TPSA) is 37.0 Å². The molecule has 0 aliphatic carbocycles. The first-order valence-corrected chi connectivity index (χ1v) is 7.11. The van der Waals surface area contributed by atoms with Crippen molar-refractivity contribution in [1.29, 1.82) is 0 Å². The van der Waals surface area contributed by atoms with E-state index in [2.05, 4.69) is 33.1 Å². The molecule has 1 unspecified atom stereocenters. The van der Waals surface area contributed by atoms with Gasteiger partial charge in [-0.15, -0.1) is 11.3 Å². The first kappa shape index (κ1) is 11.0. The van der Waals surface area contributed by atoms with Crippen LogP contribution in [0, 0.1) is 0 Å². The van der Waals surface area contributed by atoms with Crippen molar-refractivity contribution in [3.63, 3.8) is 0 Å². The molecular weight excluding hydrogens is 230 g/mol. The number of fused-ring (bicyclic) bond motifs is 1. The standard InChI is InChI=1S/C13H17N3S/c1-2-6-14-9-10(3-1)16-13-11-5-8-17-12(11)4-7-15-13/h4-5,7-8,10,14H,1-3,6,9H2,(H,15,16). The van der Waals surface area contributed by atoms with Crippen molar-refractivity contribution in [2.45, 2.75) is 25.3 Å². The van der Waals surface area contributed by atoms with Gasteiger partial charge >= 0.3 is 0 Å². The van der Waals surface area contributed by atoms with Gasteiger partial charge in [-0.2, -0.15) is 0 Å². The number of thiophene rings is 1. The van der Waals surface area contributed by atoms with Gasteiger partial charge in [0.2, 0.25) is 0 Å². The quantitative estimate of drug-likeness (QED) is 0.857. The Labute approximate surface area is 105 Å². The molecule has 0 bridgehead atoms. The van der Waals surface area contributed by atoms with Gasteiger partial charge in [0.05, 0.1) is 0 Å². The van der Waals surface area contributed by atoms with E-state index in [-0.39, 0.29) is 0 Å². The maximum atomic E-state index is 4.47. The Morgan fingerprint density at radius 1 is 1.35 bits per heavy atom. The first-order chi connectivity index (χ1) is 8.43. The minimum Gasteiger partial charge on any atom is -0.366 e. The van der Waals surface area contributed by atoms with Crippen LogP contribution < -0.4 is 10.6 Å². The van der Waals surface area contributed by atoms with Gasteiger partial charge in [-0.25, -0.2) is 4.98 Å². The summed E-state index contributed by atoms with van der Waals surface area (Å²) in [6.07, 6.45) is 5.71. The normalized spacial score (nSPS) is 21.3. The highest BCUT2D eigenvalue weighted by Gasteiger charge is 2.13. The molecule has 2 aromatic heterocycles. The summed E-state index contributed by atoms with van der Waals surface area (Å²) in [7, 11) is 0. The number of anilines is 1. The van der Waals surface area contributed by atoms with Crippen LogP contribution in [-0.4, -0.2) is 24.1 Å². The third-order valence-corrected chi connectivity index (χ3v) is 4.15. The molecule has 3 rings (SSSR count). The molecule has 0 saturated carbocycles. The highest BCUT2D eigenvalue weighted by atomic mass is 32.1. The van der Waals surface area contributed by atoms with Crippen LogP contribution in [0.1, 0.15) is 19.3 Å². The average Bonchev–Trinajstić information content (AvgIpc) is 2.69. The molecule has 2 N–H and O–H groups in total. The molecule has 0 aromatic carbocycles. The lowest BCUT2D eigenvalue weighted by atomic mass is 10.1. The largest absolute Gasteiger partial charge is 0.366 e. The Bertz CT molecular complexity index is 486. The van der Waals surface area contributed by atoms with Crippen LogP contribution in [0.5, 0.6) is 0 Å². The van der Waals surface area contributed by atoms with E-state index >= 15 is 0 Å². The fourth-order valence-corrected chi connectivity index (χ4v) is 3.13. The highest BCUT2D eigenvalue weighted by Crippen LogP contribution is 2.26. The van der Waals surface area contributed by atoms with E-state index in [1.54, 1.807) is 11.3 Å². The maximum Gasteiger partial charge on any atom is 0.134 e. The summed E-state index contributed by atoms with van der Waals surface area (Å²) >= 11 is 1.77. The second-order valence-corrected chi connectivity index (χ2v) is 5.48. The fourth-order valence-electron chi connectivity index (χ4n) is 2.35. The van der Waals surface area contributed by atoms with Crippen molar-refractivity contribution < 1.29 is 0 Å². The number of nitrogens with zero attached hydrogens (tertiary/aromatic N) is 1. The summed E-state index contributed by atoms with van der Waals surface area (Å²) < 4.78 is 1.31. The summed E-state index contributed by atoms with van der Waals surface area (Å²) in [5, 5.41) is 10.4. The Morgan fingerprint density at radius 2 is 2.35 bits per heavy atom. The molecule has 0 amide bonds. The lowest BCUT2D eigenvalue weighted by molar-refractivity contribution is 0.634. The van der Waals surface area contributed by atoms with Gasteiger partial charge in [0.1, 0.15) is 5.82 Å². The molecule has 90 valence electrons. The van der Waals surface area contributed by atoms with Crippen LogP contribution >= 0.6 is 11.3 Å². The molecule has 4 heteroatoms. The Hall–Kier alpha value is -1.13. The molecule has 1 aliphatic heterocycles. The average molecular weight is 247 g/mol. The van der Waals surface area contributed by atoms with Crippen LogP contribution in [0.15, 0.2) is 23.7 Å². The summed E-state index contributed by atoms with van der Waals surface area (Å²) in [5.41, 5.74) is 0. The van der Waals surface area contributed by atoms with Crippen LogP contribution in [0.2, 0.25) is 0 Å². The van der Waals surface area contributed by atoms with E-state index in [1.165, 1.54) is 29.3 Å². The van der Waals surface area contributed by atoms with Crippen molar-refractivity contribution in [3.05, 3.63) is 23.7 Å². The number of pyridine rings is 1. The molecule has 1 fully saturated rings. The van der Waals surface area contributed by atoms with E-state index in [9.17, 15) is 0 Å². The third-order valence-electron chi connectivity index (χ3n) is 3.27. The number of hydrogen-bond acceptors (Lipinski definition) is 4. The molecule has 1 aliphatic rings. The maximum absolute atomic E-state index is 4.47. The molecule has 0 spiro atoms. The number of rotatable bonds is 2. The zero-order chi connectivity index (χ0) is 11.5. The van der Waals surface area contributed by atoms with E-state index in [4.69, 9.17) is 0 Å². The van der Waals surface area contributed by atoms with Crippen LogP contribution in [-0.2, 0) is 0 Å². The van der Waals surface area contributed by atoms with Gasteiger partial charge < -0.3 is 10.6 Å². The van der Waals surface area contributed by atoms with Gasteiger partial charge in [0.15, 0.2) is 0 Å². The Kier molecular flexibility index (Phi) is 3.25. The molecular formula is C13H17N3S. The van der Waals surface area contributed by atoms with Crippen LogP contribution in [0.3, 0.4) is 0 Å². The van der Waals surface area contributed by atoms with Crippen molar-refractivity contribution >= 4 is 27.2 Å². The van der Waals surface area contributed by atoms with E-state index in [0.717, 1.165) is 18.9 Å². The van der Waals surface area contributed by atoms with Crippen molar-refractivity contribution in [1.82, 2.24) is 10.3 Å². The van der Waals surface area contributed by atoms with Gasteiger partial charge in [-0.05, 0) is 36.9 Å². The van der Waals surface area contributed by atoms with E-state index < -0.39 is 0 Å². The summed E-state index contributed by atoms with van der Waals surface area (Å²) in [6, 6.07) is 4.74. The van der Waals surface area contributed by atoms with Crippen molar-refractivity contribution in [2.75, 3.05) is 18.4 Å². The molecule has 1 atom stereocenters. The molecule has 17 heavy (non-hydrogen) atoms. The van der Waals surface area contributed by atoms with Crippen LogP contribution in [0.25, 0.3) is 10.1 Å². The molecule has 3 heterocycles. The summed E-state index contributed by atoms with van der Waals surface area (Å²) in [6.45, 7) is 2.19. The fraction of sp³-hybridized carbons (Fsp3) is 0.462. The van der Waals surface area contributed by atoms with E-state index in [1.807, 2.05) is 6.20 Å². The predicted molar refractivity (Wildman–Crippen MR) is 73.8 cm³/mol. The Balaban J connectivity index is 1.81. The van der Waals surface area contributed by atoms with Crippen LogP contribution in [0.4, 0.5) is 5.82 Å². The zero-order valence-electron chi connectivity index (χ0n) is 9.78. The smallest absolute Gasteiger partial charge is 0.134 e.